The van der Waals surface area contributed by atoms with Gasteiger partial charge >= 0.3 is 0 Å². The van der Waals surface area contributed by atoms with Gasteiger partial charge in [0.1, 0.15) is 0 Å². The lowest BCUT2D eigenvalue weighted by Crippen LogP contribution is -2.44. The van der Waals surface area contributed by atoms with Crippen LogP contribution in [-0.2, 0) is 0 Å². The molecular weight excluding hydrogens is 200 g/mol. The van der Waals surface area contributed by atoms with Gasteiger partial charge in [-0.15, -0.1) is 0 Å². The molecule has 16 heavy (non-hydrogen) atoms. The molecule has 1 aromatic carbocycles. The minimum atomic E-state index is 0.190. The first-order chi connectivity index (χ1) is 7.75. The highest BCUT2D eigenvalue weighted by molar-refractivity contribution is 5.97. The van der Waals surface area contributed by atoms with Crippen LogP contribution in [-0.4, -0.2) is 36.4 Å². The second kappa shape index (κ2) is 5.23. The Morgan fingerprint density at radius 1 is 1.38 bits per heavy atom. The van der Waals surface area contributed by atoms with E-state index < -0.39 is 0 Å². The summed E-state index contributed by atoms with van der Waals surface area (Å²) in [5.41, 5.74) is 6.68. The van der Waals surface area contributed by atoms with Gasteiger partial charge in [0.15, 0.2) is 5.78 Å². The zero-order valence-corrected chi connectivity index (χ0v) is 9.43. The molecule has 3 nitrogen and oxygen atoms in total. The van der Waals surface area contributed by atoms with Crippen LogP contribution < -0.4 is 5.73 Å². The van der Waals surface area contributed by atoms with Gasteiger partial charge in [0.05, 0.1) is 6.54 Å². The summed E-state index contributed by atoms with van der Waals surface area (Å²) >= 11 is 0. The van der Waals surface area contributed by atoms with Crippen LogP contribution >= 0.6 is 0 Å². The van der Waals surface area contributed by atoms with Crippen molar-refractivity contribution in [2.24, 2.45) is 5.73 Å². The summed E-state index contributed by atoms with van der Waals surface area (Å²) in [7, 11) is 0. The maximum absolute atomic E-state index is 11.9. The second-order valence-electron chi connectivity index (χ2n) is 4.43. The third-order valence-corrected chi connectivity index (χ3v) is 3.00. The predicted molar refractivity (Wildman–Crippen MR) is 64.4 cm³/mol. The van der Waals surface area contributed by atoms with Crippen LogP contribution in [0.2, 0.25) is 0 Å². The van der Waals surface area contributed by atoms with E-state index in [1.54, 1.807) is 0 Å². The summed E-state index contributed by atoms with van der Waals surface area (Å²) in [5, 5.41) is 0. The van der Waals surface area contributed by atoms with E-state index in [9.17, 15) is 4.79 Å². The van der Waals surface area contributed by atoms with E-state index in [0.29, 0.717) is 6.54 Å². The molecule has 2 N–H and O–H groups in total. The summed E-state index contributed by atoms with van der Waals surface area (Å²) in [6, 6.07) is 9.69. The molecule has 1 unspecified atom stereocenters. The molecule has 1 aliphatic heterocycles. The fourth-order valence-corrected chi connectivity index (χ4v) is 2.15. The zero-order chi connectivity index (χ0) is 11.4. The van der Waals surface area contributed by atoms with Crippen LogP contribution in [0.25, 0.3) is 0 Å². The number of hydrogen-bond acceptors (Lipinski definition) is 3. The van der Waals surface area contributed by atoms with Crippen LogP contribution in [0, 0.1) is 0 Å². The van der Waals surface area contributed by atoms with Crippen molar-refractivity contribution in [3.63, 3.8) is 0 Å². The molecule has 0 amide bonds. The quantitative estimate of drug-likeness (QED) is 0.778. The number of piperidine rings is 1. The van der Waals surface area contributed by atoms with Crippen molar-refractivity contribution in [3.05, 3.63) is 35.9 Å². The number of benzene rings is 1. The molecule has 1 heterocycles. The Labute approximate surface area is 96.2 Å². The van der Waals surface area contributed by atoms with Crippen LogP contribution in [0.15, 0.2) is 30.3 Å². The third kappa shape index (κ3) is 2.90. The van der Waals surface area contributed by atoms with Crippen LogP contribution in [0.3, 0.4) is 0 Å². The summed E-state index contributed by atoms with van der Waals surface area (Å²) in [5.74, 6) is 0.190. The highest BCUT2D eigenvalue weighted by atomic mass is 16.1. The van der Waals surface area contributed by atoms with Crippen molar-refractivity contribution < 1.29 is 4.79 Å². The second-order valence-corrected chi connectivity index (χ2v) is 4.43. The first-order valence-corrected chi connectivity index (χ1v) is 5.82. The van der Waals surface area contributed by atoms with Crippen molar-refractivity contribution in [2.75, 3.05) is 19.6 Å². The van der Waals surface area contributed by atoms with Crippen LogP contribution in [0.4, 0.5) is 0 Å². The van der Waals surface area contributed by atoms with Gasteiger partial charge in [0, 0.05) is 18.2 Å². The molecule has 1 fully saturated rings. The number of rotatable bonds is 3. The Hall–Kier alpha value is -1.19. The van der Waals surface area contributed by atoms with Gasteiger partial charge < -0.3 is 5.73 Å². The fraction of sp³-hybridized carbons (Fsp3) is 0.462. The SMILES string of the molecule is NC1CCCN(CC(=O)c2ccccc2)C1. The third-order valence-electron chi connectivity index (χ3n) is 3.00. The monoisotopic (exact) mass is 218 g/mol. The Morgan fingerprint density at radius 2 is 2.12 bits per heavy atom. The van der Waals surface area contributed by atoms with Crippen molar-refractivity contribution >= 4 is 5.78 Å². The average Bonchev–Trinajstić information content (AvgIpc) is 2.30. The number of carbonyl (C=O) groups is 1. The van der Waals surface area contributed by atoms with Gasteiger partial charge in [0.2, 0.25) is 0 Å². The number of likely N-dealkylation sites (tertiary alicyclic amines) is 1. The summed E-state index contributed by atoms with van der Waals surface area (Å²) in [6.07, 6.45) is 2.18. The normalized spacial score (nSPS) is 21.9. The zero-order valence-electron chi connectivity index (χ0n) is 9.43. The standard InChI is InChI=1S/C13H18N2O/c14-12-7-4-8-15(9-12)10-13(16)11-5-2-1-3-6-11/h1-3,5-6,12H,4,7-10,14H2. The van der Waals surface area contributed by atoms with Crippen LogP contribution in [0.5, 0.6) is 0 Å². The largest absolute Gasteiger partial charge is 0.327 e. The number of hydrogen-bond donors (Lipinski definition) is 1. The molecule has 2 rings (SSSR count). The lowest BCUT2D eigenvalue weighted by atomic mass is 10.1. The van der Waals surface area contributed by atoms with Gasteiger partial charge in [0.25, 0.3) is 0 Å². The maximum atomic E-state index is 11.9. The first kappa shape index (κ1) is 11.3. The van der Waals surface area contributed by atoms with E-state index in [2.05, 4.69) is 4.90 Å². The topological polar surface area (TPSA) is 46.3 Å². The molecule has 1 aliphatic rings. The summed E-state index contributed by atoms with van der Waals surface area (Å²) in [6.45, 7) is 2.34. The Balaban J connectivity index is 1.92. The van der Waals surface area contributed by atoms with Gasteiger partial charge in [-0.25, -0.2) is 0 Å². The average molecular weight is 218 g/mol. The Morgan fingerprint density at radius 3 is 2.81 bits per heavy atom. The van der Waals surface area contributed by atoms with E-state index in [0.717, 1.165) is 31.5 Å². The number of Topliss-reactive ketones (excluding diaryl/α,β-unsaturated/α-hetero) is 1. The first-order valence-electron chi connectivity index (χ1n) is 5.82. The summed E-state index contributed by atoms with van der Waals surface area (Å²) < 4.78 is 0. The van der Waals surface area contributed by atoms with Gasteiger partial charge in [-0.2, -0.15) is 0 Å². The Kier molecular flexibility index (Phi) is 3.70. The van der Waals surface area contributed by atoms with E-state index in [4.69, 9.17) is 5.73 Å². The van der Waals surface area contributed by atoms with Crippen molar-refractivity contribution in [1.29, 1.82) is 0 Å². The fourth-order valence-electron chi connectivity index (χ4n) is 2.15. The highest BCUT2D eigenvalue weighted by Crippen LogP contribution is 2.09. The van der Waals surface area contributed by atoms with E-state index >= 15 is 0 Å². The molecule has 1 atom stereocenters. The number of carbonyl (C=O) groups excluding carboxylic acids is 1. The molecule has 0 aromatic heterocycles. The molecule has 0 spiro atoms. The van der Waals surface area contributed by atoms with Crippen molar-refractivity contribution in [1.82, 2.24) is 4.90 Å². The van der Waals surface area contributed by atoms with Gasteiger partial charge in [-0.05, 0) is 19.4 Å². The van der Waals surface area contributed by atoms with E-state index in [1.807, 2.05) is 30.3 Å². The predicted octanol–water partition coefficient (Wildman–Crippen LogP) is 1.29. The van der Waals surface area contributed by atoms with Gasteiger partial charge in [-0.1, -0.05) is 30.3 Å². The van der Waals surface area contributed by atoms with Crippen LogP contribution in [0.1, 0.15) is 23.2 Å². The van der Waals surface area contributed by atoms with Gasteiger partial charge in [-0.3, -0.25) is 9.69 Å². The highest BCUT2D eigenvalue weighted by Gasteiger charge is 2.19. The molecule has 3 heteroatoms. The lowest BCUT2D eigenvalue weighted by Gasteiger charge is -2.29. The smallest absolute Gasteiger partial charge is 0.176 e. The van der Waals surface area contributed by atoms with Crippen molar-refractivity contribution in [2.45, 2.75) is 18.9 Å². The minimum Gasteiger partial charge on any atom is -0.327 e. The summed E-state index contributed by atoms with van der Waals surface area (Å²) in [4.78, 5) is 14.1. The number of nitrogens with zero attached hydrogens (tertiary/aromatic N) is 1. The number of ketones is 1. The molecule has 0 saturated carbocycles. The lowest BCUT2D eigenvalue weighted by molar-refractivity contribution is 0.0908. The molecule has 1 aromatic rings. The van der Waals surface area contributed by atoms with E-state index in [-0.39, 0.29) is 11.8 Å². The molecular formula is C13H18N2O. The van der Waals surface area contributed by atoms with E-state index in [1.165, 1.54) is 0 Å². The number of nitrogens with two attached hydrogens (primary N) is 1. The molecule has 0 bridgehead atoms. The molecule has 1 saturated heterocycles. The maximum Gasteiger partial charge on any atom is 0.176 e. The minimum absolute atomic E-state index is 0.190. The Bertz CT molecular complexity index is 350. The van der Waals surface area contributed by atoms with Crippen molar-refractivity contribution in [3.8, 4) is 0 Å². The molecule has 0 radical (unpaired) electrons. The molecule has 0 aliphatic carbocycles. The molecule has 86 valence electrons.